The highest BCUT2D eigenvalue weighted by Crippen LogP contribution is 2.34. The summed E-state index contributed by atoms with van der Waals surface area (Å²) >= 11 is 0. The average molecular weight is 441 g/mol. The second kappa shape index (κ2) is 10.6. The number of amides is 3. The van der Waals surface area contributed by atoms with E-state index in [9.17, 15) is 14.4 Å². The third-order valence-electron chi connectivity index (χ3n) is 5.20. The van der Waals surface area contributed by atoms with Gasteiger partial charge in [0.25, 0.3) is 5.91 Å². The molecule has 1 saturated heterocycles. The van der Waals surface area contributed by atoms with Crippen LogP contribution in [-0.2, 0) is 14.3 Å². The number of methoxy groups -OCH3 is 3. The Morgan fingerprint density at radius 3 is 2.53 bits per heavy atom. The molecule has 9 nitrogen and oxygen atoms in total. The first-order chi connectivity index (χ1) is 15.5. The van der Waals surface area contributed by atoms with E-state index in [1.54, 1.807) is 54.5 Å². The number of carbonyl (C=O) groups excluding carboxylic acids is 3. The zero-order valence-electron chi connectivity index (χ0n) is 18.3. The Balaban J connectivity index is 1.70. The highest BCUT2D eigenvalue weighted by Gasteiger charge is 2.35. The Kier molecular flexibility index (Phi) is 7.67. The van der Waals surface area contributed by atoms with Crippen LogP contribution in [0.3, 0.4) is 0 Å². The second-order valence-electron chi connectivity index (χ2n) is 7.23. The van der Waals surface area contributed by atoms with Crippen molar-refractivity contribution in [2.24, 2.45) is 5.92 Å². The molecule has 0 spiro atoms. The largest absolute Gasteiger partial charge is 0.493 e. The number of rotatable bonds is 9. The number of para-hydroxylation sites is 1. The fourth-order valence-corrected chi connectivity index (χ4v) is 3.51. The monoisotopic (exact) mass is 441 g/mol. The van der Waals surface area contributed by atoms with Gasteiger partial charge in [-0.1, -0.05) is 12.1 Å². The van der Waals surface area contributed by atoms with Gasteiger partial charge >= 0.3 is 0 Å². The molecule has 2 aromatic carbocycles. The smallest absolute Gasteiger partial charge is 0.253 e. The lowest BCUT2D eigenvalue weighted by atomic mass is 10.1. The molecule has 32 heavy (non-hydrogen) atoms. The average Bonchev–Trinajstić information content (AvgIpc) is 3.20. The number of carbonyl (C=O) groups is 3. The van der Waals surface area contributed by atoms with E-state index in [2.05, 4.69) is 10.6 Å². The molecule has 9 heteroatoms. The van der Waals surface area contributed by atoms with Crippen molar-refractivity contribution in [2.75, 3.05) is 51.2 Å². The Morgan fingerprint density at radius 2 is 1.81 bits per heavy atom. The van der Waals surface area contributed by atoms with Gasteiger partial charge in [-0.3, -0.25) is 14.4 Å². The Hall–Kier alpha value is -3.59. The fourth-order valence-electron chi connectivity index (χ4n) is 3.51. The molecule has 1 fully saturated rings. The summed E-state index contributed by atoms with van der Waals surface area (Å²) in [5.41, 5.74) is 1.36. The van der Waals surface area contributed by atoms with Crippen molar-refractivity contribution in [3.05, 3.63) is 48.0 Å². The number of hydrogen-bond donors (Lipinski definition) is 2. The Bertz CT molecular complexity index is 993. The zero-order valence-corrected chi connectivity index (χ0v) is 18.3. The first kappa shape index (κ1) is 23.1. The zero-order chi connectivity index (χ0) is 23.1. The highest BCUT2D eigenvalue weighted by atomic mass is 16.5. The van der Waals surface area contributed by atoms with E-state index >= 15 is 0 Å². The topological polar surface area (TPSA) is 106 Å². The molecule has 1 aliphatic rings. The van der Waals surface area contributed by atoms with Gasteiger partial charge in [-0.25, -0.2) is 0 Å². The molecule has 0 saturated carbocycles. The van der Waals surface area contributed by atoms with E-state index in [1.165, 1.54) is 14.2 Å². The first-order valence-electron chi connectivity index (χ1n) is 10.2. The number of anilines is 2. The summed E-state index contributed by atoms with van der Waals surface area (Å²) in [7, 11) is 4.61. The van der Waals surface area contributed by atoms with Crippen LogP contribution in [0.1, 0.15) is 16.8 Å². The van der Waals surface area contributed by atoms with E-state index in [4.69, 9.17) is 14.2 Å². The number of nitrogens with zero attached hydrogens (tertiary/aromatic N) is 1. The van der Waals surface area contributed by atoms with Gasteiger partial charge in [0.1, 0.15) is 0 Å². The minimum atomic E-state index is -0.555. The molecule has 0 unspecified atom stereocenters. The van der Waals surface area contributed by atoms with Crippen LogP contribution in [-0.4, -0.2) is 58.7 Å². The van der Waals surface area contributed by atoms with Crippen molar-refractivity contribution >= 4 is 29.1 Å². The van der Waals surface area contributed by atoms with Crippen LogP contribution in [0.25, 0.3) is 0 Å². The summed E-state index contributed by atoms with van der Waals surface area (Å²) in [5, 5.41) is 5.54. The standard InChI is InChI=1S/C23H27N3O6/c1-30-11-10-24-23(29)17-6-4-5-7-18(17)25-22(28)15-12-21(27)26(14-15)16-8-9-19(31-2)20(13-16)32-3/h4-9,13,15H,10-12,14H2,1-3H3,(H,24,29)(H,25,28)/t15-/m1/s1. The molecule has 0 aromatic heterocycles. The molecular weight excluding hydrogens is 414 g/mol. The summed E-state index contributed by atoms with van der Waals surface area (Å²) < 4.78 is 15.5. The summed E-state index contributed by atoms with van der Waals surface area (Å²) in [5.74, 6) is -0.300. The Morgan fingerprint density at radius 1 is 1.06 bits per heavy atom. The minimum absolute atomic E-state index is 0.0718. The molecule has 1 heterocycles. The molecule has 1 atom stereocenters. The fraction of sp³-hybridized carbons (Fsp3) is 0.348. The maximum absolute atomic E-state index is 12.9. The molecule has 2 aromatic rings. The number of benzene rings is 2. The highest BCUT2D eigenvalue weighted by molar-refractivity contribution is 6.07. The van der Waals surface area contributed by atoms with E-state index in [0.29, 0.717) is 41.6 Å². The quantitative estimate of drug-likeness (QED) is 0.577. The molecule has 1 aliphatic heterocycles. The van der Waals surface area contributed by atoms with Crippen molar-refractivity contribution in [2.45, 2.75) is 6.42 Å². The normalized spacial score (nSPS) is 15.4. The summed E-state index contributed by atoms with van der Waals surface area (Å²) in [6, 6.07) is 11.9. The lowest BCUT2D eigenvalue weighted by Crippen LogP contribution is -2.30. The van der Waals surface area contributed by atoms with Gasteiger partial charge < -0.3 is 29.7 Å². The van der Waals surface area contributed by atoms with Gasteiger partial charge in [0.05, 0.1) is 38.0 Å². The van der Waals surface area contributed by atoms with Crippen LogP contribution in [0, 0.1) is 5.92 Å². The van der Waals surface area contributed by atoms with E-state index in [-0.39, 0.29) is 30.7 Å². The molecule has 3 amide bonds. The minimum Gasteiger partial charge on any atom is -0.493 e. The van der Waals surface area contributed by atoms with Crippen molar-refractivity contribution in [1.29, 1.82) is 0 Å². The van der Waals surface area contributed by atoms with Crippen LogP contribution in [0.15, 0.2) is 42.5 Å². The molecule has 2 N–H and O–H groups in total. The SMILES string of the molecule is COCCNC(=O)c1ccccc1NC(=O)[C@@H]1CC(=O)N(c2ccc(OC)c(OC)c2)C1. The molecule has 0 bridgehead atoms. The van der Waals surface area contributed by atoms with Crippen LogP contribution in [0.2, 0.25) is 0 Å². The molecule has 3 rings (SSSR count). The summed E-state index contributed by atoms with van der Waals surface area (Å²) in [6.45, 7) is 0.966. The van der Waals surface area contributed by atoms with Gasteiger partial charge in [-0.15, -0.1) is 0 Å². The predicted molar refractivity (Wildman–Crippen MR) is 119 cm³/mol. The van der Waals surface area contributed by atoms with Crippen LogP contribution in [0.4, 0.5) is 11.4 Å². The van der Waals surface area contributed by atoms with E-state index in [1.807, 2.05) is 0 Å². The van der Waals surface area contributed by atoms with Crippen LogP contribution >= 0.6 is 0 Å². The maximum Gasteiger partial charge on any atom is 0.253 e. The van der Waals surface area contributed by atoms with Crippen LogP contribution in [0.5, 0.6) is 11.5 Å². The van der Waals surface area contributed by atoms with E-state index in [0.717, 1.165) is 0 Å². The van der Waals surface area contributed by atoms with Crippen LogP contribution < -0.4 is 25.0 Å². The summed E-state index contributed by atoms with van der Waals surface area (Å²) in [4.78, 5) is 39.5. The molecule has 0 radical (unpaired) electrons. The van der Waals surface area contributed by atoms with Crippen molar-refractivity contribution in [3.8, 4) is 11.5 Å². The number of hydrogen-bond acceptors (Lipinski definition) is 6. The third-order valence-corrected chi connectivity index (χ3v) is 5.20. The predicted octanol–water partition coefficient (Wildman–Crippen LogP) is 2.07. The number of ether oxygens (including phenoxy) is 3. The molecule has 170 valence electrons. The van der Waals surface area contributed by atoms with Crippen molar-refractivity contribution < 1.29 is 28.6 Å². The Labute approximate surface area is 186 Å². The maximum atomic E-state index is 12.9. The lowest BCUT2D eigenvalue weighted by molar-refractivity contribution is -0.122. The van der Waals surface area contributed by atoms with Gasteiger partial charge in [-0.2, -0.15) is 0 Å². The van der Waals surface area contributed by atoms with Gasteiger partial charge in [0.15, 0.2) is 11.5 Å². The molecule has 0 aliphatic carbocycles. The van der Waals surface area contributed by atoms with Crippen molar-refractivity contribution in [3.63, 3.8) is 0 Å². The third kappa shape index (κ3) is 5.17. The number of nitrogens with one attached hydrogen (secondary N) is 2. The second-order valence-corrected chi connectivity index (χ2v) is 7.23. The first-order valence-corrected chi connectivity index (χ1v) is 10.2. The van der Waals surface area contributed by atoms with Gasteiger partial charge in [0, 0.05) is 38.4 Å². The van der Waals surface area contributed by atoms with Crippen molar-refractivity contribution in [1.82, 2.24) is 5.32 Å². The summed E-state index contributed by atoms with van der Waals surface area (Å²) in [6.07, 6.45) is 0.0718. The lowest BCUT2D eigenvalue weighted by Gasteiger charge is -2.19. The van der Waals surface area contributed by atoms with Gasteiger partial charge in [0.2, 0.25) is 11.8 Å². The van der Waals surface area contributed by atoms with Gasteiger partial charge in [-0.05, 0) is 24.3 Å². The van der Waals surface area contributed by atoms with E-state index < -0.39 is 5.92 Å². The molecular formula is C23H27N3O6.